The van der Waals surface area contributed by atoms with Gasteiger partial charge in [0.05, 0.1) is 12.8 Å². The zero-order chi connectivity index (χ0) is 19.7. The summed E-state index contributed by atoms with van der Waals surface area (Å²) < 4.78 is 5.20. The lowest BCUT2D eigenvalue weighted by Crippen LogP contribution is -2.54. The largest absolute Gasteiger partial charge is 0.497 e. The SMILES string of the molecule is COc1ccc(/C=C2\C(=O)NC(=S)N(c3cc(C)cc(C)c3)C2=O)c(C)c1. The second-order valence-corrected chi connectivity index (χ2v) is 6.91. The van der Waals surface area contributed by atoms with Crippen molar-refractivity contribution in [2.75, 3.05) is 12.0 Å². The van der Waals surface area contributed by atoms with Gasteiger partial charge < -0.3 is 4.74 Å². The van der Waals surface area contributed by atoms with Gasteiger partial charge >= 0.3 is 0 Å². The standard InChI is InChI=1S/C21H20N2O3S/c1-12-7-13(2)9-16(8-12)23-20(25)18(19(24)22-21(23)27)11-15-5-6-17(26-4)10-14(15)3/h5-11H,1-4H3,(H,22,24,27)/b18-11+. The van der Waals surface area contributed by atoms with E-state index in [1.165, 1.54) is 4.90 Å². The first-order valence-corrected chi connectivity index (χ1v) is 8.85. The summed E-state index contributed by atoms with van der Waals surface area (Å²) >= 11 is 5.26. The Bertz CT molecular complexity index is 975. The molecule has 27 heavy (non-hydrogen) atoms. The van der Waals surface area contributed by atoms with Crippen LogP contribution in [-0.2, 0) is 9.59 Å². The summed E-state index contributed by atoms with van der Waals surface area (Å²) in [6.45, 7) is 5.79. The van der Waals surface area contributed by atoms with Crippen molar-refractivity contribution in [2.24, 2.45) is 0 Å². The summed E-state index contributed by atoms with van der Waals surface area (Å²) in [4.78, 5) is 26.9. The van der Waals surface area contributed by atoms with Crippen LogP contribution in [0.4, 0.5) is 5.69 Å². The van der Waals surface area contributed by atoms with Gasteiger partial charge in [0.1, 0.15) is 11.3 Å². The molecule has 2 aromatic rings. The van der Waals surface area contributed by atoms with Crippen molar-refractivity contribution >= 4 is 40.9 Å². The molecule has 5 nitrogen and oxygen atoms in total. The van der Waals surface area contributed by atoms with E-state index >= 15 is 0 Å². The van der Waals surface area contributed by atoms with E-state index in [-0.39, 0.29) is 10.7 Å². The van der Waals surface area contributed by atoms with Crippen LogP contribution in [0.25, 0.3) is 6.08 Å². The summed E-state index contributed by atoms with van der Waals surface area (Å²) in [5.74, 6) is -0.225. The molecule has 2 amide bonds. The van der Waals surface area contributed by atoms with Crippen LogP contribution < -0.4 is 15.0 Å². The molecule has 0 bridgehead atoms. The van der Waals surface area contributed by atoms with Crippen LogP contribution in [-0.4, -0.2) is 24.0 Å². The summed E-state index contributed by atoms with van der Waals surface area (Å²) in [7, 11) is 1.59. The first kappa shape index (κ1) is 18.8. The minimum absolute atomic E-state index is 0.0380. The fourth-order valence-electron chi connectivity index (χ4n) is 3.06. The molecule has 1 heterocycles. The number of aryl methyl sites for hydroxylation is 3. The predicted octanol–water partition coefficient (Wildman–Crippen LogP) is 3.45. The zero-order valence-electron chi connectivity index (χ0n) is 15.6. The molecule has 1 aliphatic rings. The Morgan fingerprint density at radius 1 is 1.04 bits per heavy atom. The van der Waals surface area contributed by atoms with Crippen LogP contribution in [0.5, 0.6) is 5.75 Å². The molecule has 1 aliphatic heterocycles. The van der Waals surface area contributed by atoms with Crippen LogP contribution in [0.1, 0.15) is 22.3 Å². The first-order chi connectivity index (χ1) is 12.8. The molecule has 0 spiro atoms. The number of methoxy groups -OCH3 is 1. The first-order valence-electron chi connectivity index (χ1n) is 8.44. The van der Waals surface area contributed by atoms with Gasteiger partial charge in [-0.25, -0.2) is 0 Å². The van der Waals surface area contributed by atoms with Crippen LogP contribution >= 0.6 is 12.2 Å². The molecule has 2 aromatic carbocycles. The lowest BCUT2D eigenvalue weighted by Gasteiger charge is -2.29. The van der Waals surface area contributed by atoms with Crippen molar-refractivity contribution in [3.05, 3.63) is 64.2 Å². The van der Waals surface area contributed by atoms with Crippen LogP contribution in [0.15, 0.2) is 42.0 Å². The second-order valence-electron chi connectivity index (χ2n) is 6.53. The average molecular weight is 380 g/mol. The number of nitrogens with zero attached hydrogens (tertiary/aromatic N) is 1. The second kappa shape index (κ2) is 7.32. The molecule has 6 heteroatoms. The number of carbonyl (C=O) groups excluding carboxylic acids is 2. The Kier molecular flexibility index (Phi) is 5.10. The monoisotopic (exact) mass is 380 g/mol. The Morgan fingerprint density at radius 2 is 1.70 bits per heavy atom. The normalized spacial score (nSPS) is 15.9. The van der Waals surface area contributed by atoms with Crippen molar-refractivity contribution in [1.82, 2.24) is 5.32 Å². The number of thiocarbonyl (C=S) groups is 1. The molecule has 138 valence electrons. The molecule has 0 radical (unpaired) electrons. The highest BCUT2D eigenvalue weighted by Gasteiger charge is 2.34. The molecule has 0 atom stereocenters. The smallest absolute Gasteiger partial charge is 0.270 e. The van der Waals surface area contributed by atoms with Crippen molar-refractivity contribution in [3.8, 4) is 5.75 Å². The Labute approximate surface area is 163 Å². The number of nitrogens with one attached hydrogen (secondary N) is 1. The minimum atomic E-state index is -0.499. The number of amides is 2. The Morgan fingerprint density at radius 3 is 2.30 bits per heavy atom. The quantitative estimate of drug-likeness (QED) is 0.503. The summed E-state index contributed by atoms with van der Waals surface area (Å²) in [5, 5.41) is 2.70. The fourth-order valence-corrected chi connectivity index (χ4v) is 3.35. The fraction of sp³-hybridized carbons (Fsp3) is 0.190. The molecular formula is C21H20N2O3S. The maximum absolute atomic E-state index is 13.1. The van der Waals surface area contributed by atoms with Gasteiger partial charge in [-0.1, -0.05) is 12.1 Å². The number of hydrogen-bond donors (Lipinski definition) is 1. The number of benzene rings is 2. The number of carbonyl (C=O) groups is 2. The van der Waals surface area contributed by atoms with Gasteiger partial charge in [-0.15, -0.1) is 0 Å². The van der Waals surface area contributed by atoms with Crippen LogP contribution in [0.2, 0.25) is 0 Å². The Balaban J connectivity index is 2.05. The van der Waals surface area contributed by atoms with E-state index in [0.29, 0.717) is 11.4 Å². The van der Waals surface area contributed by atoms with E-state index in [9.17, 15) is 9.59 Å². The minimum Gasteiger partial charge on any atom is -0.497 e. The average Bonchev–Trinajstić information content (AvgIpc) is 2.58. The maximum atomic E-state index is 13.1. The lowest BCUT2D eigenvalue weighted by molar-refractivity contribution is -0.122. The lowest BCUT2D eigenvalue weighted by atomic mass is 10.0. The van der Waals surface area contributed by atoms with E-state index in [1.807, 2.05) is 51.1 Å². The third kappa shape index (κ3) is 3.75. The molecule has 0 unspecified atom stereocenters. The summed E-state index contributed by atoms with van der Waals surface area (Å²) in [5.41, 5.74) is 4.36. The van der Waals surface area contributed by atoms with Crippen molar-refractivity contribution in [1.29, 1.82) is 0 Å². The van der Waals surface area contributed by atoms with Gasteiger partial charge in [-0.05, 0) is 85.6 Å². The van der Waals surface area contributed by atoms with Crippen molar-refractivity contribution < 1.29 is 14.3 Å². The molecule has 0 aromatic heterocycles. The van der Waals surface area contributed by atoms with Gasteiger partial charge in [0.15, 0.2) is 5.11 Å². The third-order valence-electron chi connectivity index (χ3n) is 4.34. The number of ether oxygens (including phenoxy) is 1. The van der Waals surface area contributed by atoms with Crippen molar-refractivity contribution in [3.63, 3.8) is 0 Å². The molecular weight excluding hydrogens is 360 g/mol. The molecule has 1 fully saturated rings. The van der Waals surface area contributed by atoms with Crippen LogP contribution in [0.3, 0.4) is 0 Å². The third-order valence-corrected chi connectivity index (χ3v) is 4.63. The molecule has 0 saturated carbocycles. The van der Waals surface area contributed by atoms with Gasteiger partial charge in [-0.2, -0.15) is 0 Å². The van der Waals surface area contributed by atoms with Gasteiger partial charge in [0.25, 0.3) is 11.8 Å². The van der Waals surface area contributed by atoms with E-state index < -0.39 is 11.8 Å². The highest BCUT2D eigenvalue weighted by Crippen LogP contribution is 2.25. The van der Waals surface area contributed by atoms with E-state index in [1.54, 1.807) is 19.3 Å². The highest BCUT2D eigenvalue weighted by atomic mass is 32.1. The summed E-state index contributed by atoms with van der Waals surface area (Å²) in [6.07, 6.45) is 1.59. The molecule has 0 aliphatic carbocycles. The maximum Gasteiger partial charge on any atom is 0.270 e. The number of anilines is 1. The zero-order valence-corrected chi connectivity index (χ0v) is 16.4. The van der Waals surface area contributed by atoms with E-state index in [4.69, 9.17) is 17.0 Å². The van der Waals surface area contributed by atoms with Gasteiger partial charge in [0, 0.05) is 0 Å². The summed E-state index contributed by atoms with van der Waals surface area (Å²) in [6, 6.07) is 11.2. The van der Waals surface area contributed by atoms with Gasteiger partial charge in [0.2, 0.25) is 0 Å². The van der Waals surface area contributed by atoms with Gasteiger partial charge in [-0.3, -0.25) is 19.8 Å². The number of hydrogen-bond acceptors (Lipinski definition) is 4. The predicted molar refractivity (Wildman–Crippen MR) is 110 cm³/mol. The molecule has 1 saturated heterocycles. The number of rotatable bonds is 3. The van der Waals surface area contributed by atoms with Crippen LogP contribution in [0, 0.1) is 20.8 Å². The highest BCUT2D eigenvalue weighted by molar-refractivity contribution is 7.80. The van der Waals surface area contributed by atoms with Crippen molar-refractivity contribution in [2.45, 2.75) is 20.8 Å². The van der Waals surface area contributed by atoms with E-state index in [2.05, 4.69) is 5.32 Å². The molecule has 3 rings (SSSR count). The Hall–Kier alpha value is -2.99. The van der Waals surface area contributed by atoms with E-state index in [0.717, 1.165) is 22.3 Å². The topological polar surface area (TPSA) is 58.6 Å². The molecule has 1 N–H and O–H groups in total.